The van der Waals surface area contributed by atoms with Gasteiger partial charge in [-0.25, -0.2) is 0 Å². The van der Waals surface area contributed by atoms with Crippen LogP contribution < -0.4 is 5.32 Å². The van der Waals surface area contributed by atoms with Gasteiger partial charge >= 0.3 is 0 Å². The van der Waals surface area contributed by atoms with Crippen LogP contribution in [0.2, 0.25) is 0 Å². The lowest BCUT2D eigenvalue weighted by molar-refractivity contribution is -0.117. The second kappa shape index (κ2) is 6.34. The Kier molecular flexibility index (Phi) is 4.78. The van der Waals surface area contributed by atoms with E-state index < -0.39 is 0 Å². The molecule has 1 heterocycles. The van der Waals surface area contributed by atoms with Crippen LogP contribution in [0.25, 0.3) is 0 Å². The first-order chi connectivity index (χ1) is 8.70. The molecular formula is C14H25N3O. The fraction of sp³-hybridized carbons (Fsp3) is 0.786. The summed E-state index contributed by atoms with van der Waals surface area (Å²) >= 11 is 0. The molecule has 2 aliphatic rings. The van der Waals surface area contributed by atoms with Crippen LogP contribution in [0.3, 0.4) is 0 Å². The fourth-order valence-electron chi connectivity index (χ4n) is 3.19. The van der Waals surface area contributed by atoms with Crippen molar-refractivity contribution in [2.24, 2.45) is 0 Å². The van der Waals surface area contributed by atoms with Crippen molar-refractivity contribution in [3.05, 3.63) is 12.7 Å². The zero-order valence-electron chi connectivity index (χ0n) is 11.4. The van der Waals surface area contributed by atoms with E-state index in [9.17, 15) is 4.79 Å². The van der Waals surface area contributed by atoms with Crippen molar-refractivity contribution in [1.29, 1.82) is 0 Å². The molecule has 1 saturated heterocycles. The lowest BCUT2D eigenvalue weighted by Gasteiger charge is -2.32. The number of nitrogens with one attached hydrogen (secondary N) is 1. The lowest BCUT2D eigenvalue weighted by atomic mass is 10.1. The summed E-state index contributed by atoms with van der Waals surface area (Å²) in [5.41, 5.74) is 0. The van der Waals surface area contributed by atoms with Crippen molar-refractivity contribution in [2.75, 3.05) is 33.2 Å². The molecule has 0 aromatic rings. The van der Waals surface area contributed by atoms with Crippen LogP contribution in [0.1, 0.15) is 25.7 Å². The molecule has 1 amide bonds. The summed E-state index contributed by atoms with van der Waals surface area (Å²) in [6.45, 7) is 8.15. The molecule has 4 nitrogen and oxygen atoms in total. The van der Waals surface area contributed by atoms with E-state index in [1.807, 2.05) is 0 Å². The molecule has 2 unspecified atom stereocenters. The average molecular weight is 251 g/mol. The van der Waals surface area contributed by atoms with Gasteiger partial charge in [0.05, 0.1) is 0 Å². The minimum Gasteiger partial charge on any atom is -0.348 e. The third-order valence-electron chi connectivity index (χ3n) is 4.22. The number of carbonyl (C=O) groups excluding carboxylic acids is 1. The molecule has 1 aliphatic carbocycles. The highest BCUT2D eigenvalue weighted by Gasteiger charge is 2.33. The highest BCUT2D eigenvalue weighted by atomic mass is 16.1. The predicted octanol–water partition coefficient (Wildman–Crippen LogP) is 0.847. The highest BCUT2D eigenvalue weighted by Crippen LogP contribution is 2.25. The van der Waals surface area contributed by atoms with Crippen LogP contribution in [-0.2, 0) is 4.79 Å². The van der Waals surface area contributed by atoms with Crippen molar-refractivity contribution in [1.82, 2.24) is 15.1 Å². The van der Waals surface area contributed by atoms with Crippen molar-refractivity contribution in [3.8, 4) is 0 Å². The third-order valence-corrected chi connectivity index (χ3v) is 4.22. The number of hydrogen-bond donors (Lipinski definition) is 1. The molecule has 1 saturated carbocycles. The number of hydrogen-bond acceptors (Lipinski definition) is 3. The van der Waals surface area contributed by atoms with Crippen molar-refractivity contribution < 1.29 is 4.79 Å². The minimum atomic E-state index is -0.0289. The zero-order valence-corrected chi connectivity index (χ0v) is 11.4. The summed E-state index contributed by atoms with van der Waals surface area (Å²) in [7, 11) is 2.19. The summed E-state index contributed by atoms with van der Waals surface area (Å²) in [4.78, 5) is 16.4. The maximum absolute atomic E-state index is 11.5. The van der Waals surface area contributed by atoms with Crippen LogP contribution in [0, 0.1) is 0 Å². The molecule has 1 aliphatic heterocycles. The standard InChI is InChI=1S/C14H25N3O/c1-3-14(18)15-12-6-4-7-13(12)17-9-5-8-16(2)10-11-17/h3,12-13H,1,4-11H2,2H3,(H,15,18). The Morgan fingerprint density at radius 1 is 1.22 bits per heavy atom. The third kappa shape index (κ3) is 3.33. The van der Waals surface area contributed by atoms with Crippen LogP contribution >= 0.6 is 0 Å². The number of likely N-dealkylation sites (N-methyl/N-ethyl adjacent to an activating group) is 1. The van der Waals surface area contributed by atoms with Gasteiger partial charge in [-0.3, -0.25) is 9.69 Å². The van der Waals surface area contributed by atoms with Gasteiger partial charge in [-0.1, -0.05) is 6.58 Å². The summed E-state index contributed by atoms with van der Waals surface area (Å²) < 4.78 is 0. The molecule has 1 N–H and O–H groups in total. The lowest BCUT2D eigenvalue weighted by Crippen LogP contribution is -2.49. The Bertz CT molecular complexity index is 305. The minimum absolute atomic E-state index is 0.0289. The molecule has 18 heavy (non-hydrogen) atoms. The van der Waals surface area contributed by atoms with Gasteiger partial charge < -0.3 is 10.2 Å². The highest BCUT2D eigenvalue weighted by molar-refractivity contribution is 5.87. The number of amides is 1. The van der Waals surface area contributed by atoms with Gasteiger partial charge in [0, 0.05) is 25.2 Å². The van der Waals surface area contributed by atoms with Gasteiger partial charge in [0.15, 0.2) is 0 Å². The van der Waals surface area contributed by atoms with E-state index in [0.29, 0.717) is 12.1 Å². The second-order valence-electron chi connectivity index (χ2n) is 5.51. The SMILES string of the molecule is C=CC(=O)NC1CCCC1N1CCCN(C)CC1. The van der Waals surface area contributed by atoms with Gasteiger partial charge in [0.2, 0.25) is 5.91 Å². The van der Waals surface area contributed by atoms with Crippen LogP contribution in [0.5, 0.6) is 0 Å². The number of nitrogens with zero attached hydrogens (tertiary/aromatic N) is 2. The van der Waals surface area contributed by atoms with Crippen LogP contribution in [0.4, 0.5) is 0 Å². The Morgan fingerprint density at radius 3 is 2.83 bits per heavy atom. The largest absolute Gasteiger partial charge is 0.348 e. The van der Waals surface area contributed by atoms with E-state index in [4.69, 9.17) is 0 Å². The van der Waals surface area contributed by atoms with Gasteiger partial charge in [-0.15, -0.1) is 0 Å². The van der Waals surface area contributed by atoms with Crippen LogP contribution in [-0.4, -0.2) is 61.0 Å². The van der Waals surface area contributed by atoms with Gasteiger partial charge in [-0.05, 0) is 51.9 Å². The van der Waals surface area contributed by atoms with Crippen LogP contribution in [0.15, 0.2) is 12.7 Å². The first kappa shape index (κ1) is 13.6. The molecule has 2 fully saturated rings. The maximum atomic E-state index is 11.5. The Labute approximate surface area is 110 Å². The first-order valence-corrected chi connectivity index (χ1v) is 7.06. The molecular weight excluding hydrogens is 226 g/mol. The molecule has 0 aromatic carbocycles. The normalized spacial score (nSPS) is 30.9. The smallest absolute Gasteiger partial charge is 0.243 e. The van der Waals surface area contributed by atoms with Crippen molar-refractivity contribution in [3.63, 3.8) is 0 Å². The quantitative estimate of drug-likeness (QED) is 0.755. The van der Waals surface area contributed by atoms with Gasteiger partial charge in [-0.2, -0.15) is 0 Å². The number of rotatable bonds is 3. The van der Waals surface area contributed by atoms with E-state index in [-0.39, 0.29) is 5.91 Å². The second-order valence-corrected chi connectivity index (χ2v) is 5.51. The van der Waals surface area contributed by atoms with Gasteiger partial charge in [0.1, 0.15) is 0 Å². The monoisotopic (exact) mass is 251 g/mol. The summed E-state index contributed by atoms with van der Waals surface area (Å²) in [5.74, 6) is -0.0289. The Hall–Kier alpha value is -0.870. The Morgan fingerprint density at radius 2 is 2.06 bits per heavy atom. The van der Waals surface area contributed by atoms with E-state index in [1.54, 1.807) is 0 Å². The molecule has 2 atom stereocenters. The molecule has 102 valence electrons. The predicted molar refractivity (Wildman–Crippen MR) is 73.5 cm³/mol. The summed E-state index contributed by atoms with van der Waals surface area (Å²) in [6, 6.07) is 0.847. The molecule has 0 radical (unpaired) electrons. The van der Waals surface area contributed by atoms with E-state index in [0.717, 1.165) is 26.1 Å². The van der Waals surface area contributed by atoms with Gasteiger partial charge in [0.25, 0.3) is 0 Å². The fourth-order valence-corrected chi connectivity index (χ4v) is 3.19. The summed E-state index contributed by atoms with van der Waals surface area (Å²) in [6.07, 6.45) is 6.15. The zero-order chi connectivity index (χ0) is 13.0. The molecule has 0 spiro atoms. The molecule has 2 rings (SSSR count). The van der Waals surface area contributed by atoms with E-state index in [2.05, 4.69) is 28.7 Å². The molecule has 0 aromatic heterocycles. The molecule has 4 heteroatoms. The first-order valence-electron chi connectivity index (χ1n) is 7.06. The van der Waals surface area contributed by atoms with Crippen molar-refractivity contribution >= 4 is 5.91 Å². The topological polar surface area (TPSA) is 35.6 Å². The van der Waals surface area contributed by atoms with Crippen molar-refractivity contribution in [2.45, 2.75) is 37.8 Å². The average Bonchev–Trinajstić information content (AvgIpc) is 2.70. The maximum Gasteiger partial charge on any atom is 0.243 e. The van der Waals surface area contributed by atoms with E-state index >= 15 is 0 Å². The Balaban J connectivity index is 1.93. The number of carbonyl (C=O) groups is 1. The summed E-state index contributed by atoms with van der Waals surface area (Å²) in [5, 5.41) is 3.10. The molecule has 0 bridgehead atoms. The van der Waals surface area contributed by atoms with E-state index in [1.165, 1.54) is 31.9 Å².